The molecule has 0 heterocycles. The summed E-state index contributed by atoms with van der Waals surface area (Å²) in [7, 11) is 1.15. The molecule has 0 bridgehead atoms. The van der Waals surface area contributed by atoms with Crippen LogP contribution in [-0.2, 0) is 16.0 Å². The summed E-state index contributed by atoms with van der Waals surface area (Å²) in [5.41, 5.74) is -1.04. The van der Waals surface area contributed by atoms with E-state index >= 15 is 0 Å². The largest absolute Gasteiger partial charge is 0.467 e. The Morgan fingerprint density at radius 1 is 1.56 bits per heavy atom. The number of ketones is 1. The van der Waals surface area contributed by atoms with Gasteiger partial charge >= 0.3 is 5.97 Å². The minimum Gasteiger partial charge on any atom is -0.467 e. The van der Waals surface area contributed by atoms with Gasteiger partial charge in [0.2, 0.25) is 11.4 Å². The second-order valence-corrected chi connectivity index (χ2v) is 4.57. The fraction of sp³-hybridized carbons (Fsp3) is 0.273. The predicted octanol–water partition coefficient (Wildman–Crippen LogP) is 1.09. The van der Waals surface area contributed by atoms with E-state index in [0.717, 1.165) is 11.6 Å². The van der Waals surface area contributed by atoms with Gasteiger partial charge in [-0.15, -0.1) is 0 Å². The van der Waals surface area contributed by atoms with Crippen LogP contribution in [-0.4, -0.2) is 29.6 Å². The van der Waals surface area contributed by atoms with E-state index in [-0.39, 0.29) is 6.42 Å². The summed E-state index contributed by atoms with van der Waals surface area (Å²) in [6, 6.07) is 5.06. The van der Waals surface area contributed by atoms with Gasteiger partial charge in [-0.25, -0.2) is 4.79 Å². The van der Waals surface area contributed by atoms with Gasteiger partial charge in [-0.2, -0.15) is 0 Å². The maximum atomic E-state index is 11.9. The van der Waals surface area contributed by atoms with Crippen molar-refractivity contribution in [2.75, 3.05) is 7.11 Å². The normalized spacial score (nSPS) is 23.1. The molecule has 5 heteroatoms. The zero-order chi connectivity index (χ0) is 11.9. The smallest absolute Gasteiger partial charge is 0.346 e. The molecular formula is C11H9BrO4. The molecule has 0 aliphatic heterocycles. The Morgan fingerprint density at radius 3 is 2.88 bits per heavy atom. The summed E-state index contributed by atoms with van der Waals surface area (Å²) in [6.07, 6.45) is -0.0267. The third kappa shape index (κ3) is 1.47. The number of rotatable bonds is 1. The molecule has 1 atom stereocenters. The number of carbonyl (C=O) groups is 2. The van der Waals surface area contributed by atoms with E-state index in [1.54, 1.807) is 18.2 Å². The fourth-order valence-electron chi connectivity index (χ4n) is 1.83. The molecule has 4 nitrogen and oxygen atoms in total. The van der Waals surface area contributed by atoms with Gasteiger partial charge < -0.3 is 9.84 Å². The minimum atomic E-state index is -2.06. The SMILES string of the molecule is COC(=O)C1(O)Cc2ccc(Br)cc2C1=O. The summed E-state index contributed by atoms with van der Waals surface area (Å²) in [5, 5.41) is 10.0. The van der Waals surface area contributed by atoms with E-state index in [1.165, 1.54) is 0 Å². The van der Waals surface area contributed by atoms with Gasteiger partial charge in [0.15, 0.2) is 0 Å². The van der Waals surface area contributed by atoms with Crippen LogP contribution in [0.15, 0.2) is 22.7 Å². The van der Waals surface area contributed by atoms with E-state index in [4.69, 9.17) is 0 Å². The van der Waals surface area contributed by atoms with Crippen LogP contribution in [0.3, 0.4) is 0 Å². The molecule has 0 radical (unpaired) electrons. The number of hydrogen-bond acceptors (Lipinski definition) is 4. The highest BCUT2D eigenvalue weighted by atomic mass is 79.9. The molecule has 16 heavy (non-hydrogen) atoms. The molecular weight excluding hydrogens is 276 g/mol. The molecule has 1 unspecified atom stereocenters. The summed E-state index contributed by atoms with van der Waals surface area (Å²) in [6.45, 7) is 0. The number of hydrogen-bond donors (Lipinski definition) is 1. The van der Waals surface area contributed by atoms with Crippen molar-refractivity contribution in [1.29, 1.82) is 0 Å². The molecule has 0 aromatic heterocycles. The van der Waals surface area contributed by atoms with Crippen LogP contribution in [0, 0.1) is 0 Å². The van der Waals surface area contributed by atoms with Crippen molar-refractivity contribution >= 4 is 27.7 Å². The number of ether oxygens (including phenoxy) is 1. The Kier molecular flexibility index (Phi) is 2.59. The molecule has 0 amide bonds. The number of benzene rings is 1. The molecule has 0 saturated carbocycles. The van der Waals surface area contributed by atoms with Crippen molar-refractivity contribution in [3.63, 3.8) is 0 Å². The number of fused-ring (bicyclic) bond motifs is 1. The number of esters is 1. The maximum Gasteiger partial charge on any atom is 0.346 e. The van der Waals surface area contributed by atoms with Crippen molar-refractivity contribution in [2.24, 2.45) is 0 Å². The van der Waals surface area contributed by atoms with Gasteiger partial charge in [0.1, 0.15) is 0 Å². The highest BCUT2D eigenvalue weighted by molar-refractivity contribution is 9.10. The third-order valence-corrected chi connectivity index (χ3v) is 3.15. The number of carbonyl (C=O) groups excluding carboxylic acids is 2. The van der Waals surface area contributed by atoms with Gasteiger partial charge in [-0.1, -0.05) is 22.0 Å². The first-order chi connectivity index (χ1) is 7.49. The van der Waals surface area contributed by atoms with Crippen LogP contribution in [0.4, 0.5) is 0 Å². The molecule has 1 aliphatic carbocycles. The highest BCUT2D eigenvalue weighted by Crippen LogP contribution is 2.32. The standard InChI is InChI=1S/C11H9BrO4/c1-16-10(14)11(15)5-6-2-3-7(12)4-8(6)9(11)13/h2-4,15H,5H2,1H3. The van der Waals surface area contributed by atoms with Gasteiger partial charge in [-0.3, -0.25) is 4.79 Å². The predicted molar refractivity (Wildman–Crippen MR) is 59.1 cm³/mol. The van der Waals surface area contributed by atoms with Gasteiger partial charge in [0.25, 0.3) is 0 Å². The van der Waals surface area contributed by atoms with Gasteiger partial charge in [0.05, 0.1) is 7.11 Å². The Labute approximate surface area is 100 Å². The first-order valence-electron chi connectivity index (χ1n) is 4.63. The minimum absolute atomic E-state index is 0.0267. The number of methoxy groups -OCH3 is 1. The fourth-order valence-corrected chi connectivity index (χ4v) is 2.19. The van der Waals surface area contributed by atoms with Crippen molar-refractivity contribution in [1.82, 2.24) is 0 Å². The van der Waals surface area contributed by atoms with Crippen LogP contribution in [0.5, 0.6) is 0 Å². The summed E-state index contributed by atoms with van der Waals surface area (Å²) >= 11 is 3.23. The van der Waals surface area contributed by atoms with Crippen LogP contribution in [0.1, 0.15) is 15.9 Å². The quantitative estimate of drug-likeness (QED) is 0.619. The summed E-state index contributed by atoms with van der Waals surface area (Å²) in [4.78, 5) is 23.3. The Bertz CT molecular complexity index is 483. The second kappa shape index (κ2) is 3.68. The lowest BCUT2D eigenvalue weighted by Crippen LogP contribution is -2.45. The topological polar surface area (TPSA) is 63.6 Å². The molecule has 1 aromatic carbocycles. The van der Waals surface area contributed by atoms with Crippen molar-refractivity contribution in [2.45, 2.75) is 12.0 Å². The molecule has 1 aliphatic rings. The molecule has 2 rings (SSSR count). The first kappa shape index (κ1) is 11.3. The van der Waals surface area contributed by atoms with Crippen LogP contribution >= 0.6 is 15.9 Å². The Morgan fingerprint density at radius 2 is 2.25 bits per heavy atom. The molecule has 0 fully saturated rings. The average molecular weight is 285 g/mol. The molecule has 1 N–H and O–H groups in total. The lowest BCUT2D eigenvalue weighted by atomic mass is 10.00. The van der Waals surface area contributed by atoms with E-state index < -0.39 is 17.4 Å². The first-order valence-corrected chi connectivity index (χ1v) is 5.42. The van der Waals surface area contributed by atoms with Gasteiger partial charge in [0, 0.05) is 16.5 Å². The van der Waals surface area contributed by atoms with Crippen LogP contribution < -0.4 is 0 Å². The third-order valence-electron chi connectivity index (χ3n) is 2.66. The Balaban J connectivity index is 2.49. The van der Waals surface area contributed by atoms with E-state index in [0.29, 0.717) is 11.1 Å². The second-order valence-electron chi connectivity index (χ2n) is 3.66. The molecule has 0 saturated heterocycles. The van der Waals surface area contributed by atoms with Crippen molar-refractivity contribution in [3.8, 4) is 0 Å². The summed E-state index contributed by atoms with van der Waals surface area (Å²) in [5.74, 6) is -1.51. The van der Waals surface area contributed by atoms with Crippen LogP contribution in [0.25, 0.3) is 0 Å². The zero-order valence-electron chi connectivity index (χ0n) is 8.49. The Hall–Kier alpha value is -1.20. The monoisotopic (exact) mass is 284 g/mol. The lowest BCUT2D eigenvalue weighted by molar-refractivity contribution is -0.156. The van der Waals surface area contributed by atoms with E-state index in [1.807, 2.05) is 0 Å². The zero-order valence-corrected chi connectivity index (χ0v) is 10.1. The maximum absolute atomic E-state index is 11.9. The molecule has 0 spiro atoms. The molecule has 1 aromatic rings. The highest BCUT2D eigenvalue weighted by Gasteiger charge is 2.51. The van der Waals surface area contributed by atoms with E-state index in [2.05, 4.69) is 20.7 Å². The van der Waals surface area contributed by atoms with Crippen molar-refractivity contribution in [3.05, 3.63) is 33.8 Å². The number of Topliss-reactive ketones (excluding diaryl/α,β-unsaturated/α-hetero) is 1. The number of halogens is 1. The lowest BCUT2D eigenvalue weighted by Gasteiger charge is -2.16. The van der Waals surface area contributed by atoms with Crippen LogP contribution in [0.2, 0.25) is 0 Å². The molecule has 84 valence electrons. The van der Waals surface area contributed by atoms with E-state index in [9.17, 15) is 14.7 Å². The van der Waals surface area contributed by atoms with Crippen molar-refractivity contribution < 1.29 is 19.4 Å². The average Bonchev–Trinajstić information content (AvgIpc) is 2.52. The van der Waals surface area contributed by atoms with Gasteiger partial charge in [-0.05, 0) is 17.7 Å². The number of aliphatic hydroxyl groups is 1. The summed E-state index contributed by atoms with van der Waals surface area (Å²) < 4.78 is 5.18.